The number of urea groups is 1. The molecule has 4 aliphatic rings. The number of nitrogens with zero attached hydrogens (tertiary/aromatic N) is 5. The first kappa shape index (κ1) is 43.3. The number of rotatable bonds is 11. The number of nitrogens with one attached hydrogen (secondary N) is 1. The lowest BCUT2D eigenvalue weighted by molar-refractivity contribution is -0.145. The number of hydrogen-bond acceptors (Lipinski definition) is 9. The predicted molar refractivity (Wildman–Crippen MR) is 213 cm³/mol. The minimum absolute atomic E-state index is 0.0592. The van der Waals surface area contributed by atoms with Gasteiger partial charge in [-0.15, -0.1) is 0 Å². The van der Waals surface area contributed by atoms with E-state index in [0.717, 1.165) is 43.2 Å². The molecule has 17 heteroatoms. The van der Waals surface area contributed by atoms with Gasteiger partial charge < -0.3 is 45.0 Å². The van der Waals surface area contributed by atoms with Crippen molar-refractivity contribution in [3.05, 3.63) is 58.1 Å². The molecule has 0 spiro atoms. The number of halogens is 4. The number of carbonyl (C=O) groups is 4. The van der Waals surface area contributed by atoms with Crippen LogP contribution in [0.1, 0.15) is 61.6 Å². The first-order valence-electron chi connectivity index (χ1n) is 20.3. The summed E-state index contributed by atoms with van der Waals surface area (Å²) in [7, 11) is 3.85. The third-order valence-electron chi connectivity index (χ3n) is 11.9. The standard InChI is InChI=1S/C41H55ClF3N7O6/c1-48(2)21-22-57-36(53)26-27-7-14-49(15-8-27)30-10-16-50(17-11-30)38(54)35(25-28-23-32(41(43,44)45)37(46)33(42)24-28)58-40(56)51-18-12-31(13-19-51)52-20-9-29-5-3-4-6-34(29)47-39(52)55/h3-6,23-24,27,30-31,35H,7-22,25-26,46H2,1-2H3,(H,47,55)/t35-/m1/s1. The van der Waals surface area contributed by atoms with E-state index in [9.17, 15) is 32.3 Å². The molecule has 2 aromatic carbocycles. The van der Waals surface area contributed by atoms with Crippen molar-refractivity contribution in [3.63, 3.8) is 0 Å². The monoisotopic (exact) mass is 833 g/mol. The van der Waals surface area contributed by atoms with E-state index < -0.39 is 35.5 Å². The Kier molecular flexibility index (Phi) is 14.3. The maximum absolute atomic E-state index is 14.2. The van der Waals surface area contributed by atoms with Gasteiger partial charge in [-0.2, -0.15) is 13.2 Å². The van der Waals surface area contributed by atoms with Gasteiger partial charge in [0.2, 0.25) is 0 Å². The molecule has 318 valence electrons. The average molecular weight is 834 g/mol. The Morgan fingerprint density at radius 3 is 2.26 bits per heavy atom. The summed E-state index contributed by atoms with van der Waals surface area (Å²) in [5.74, 6) is -0.399. The van der Waals surface area contributed by atoms with E-state index in [0.29, 0.717) is 71.3 Å². The van der Waals surface area contributed by atoms with Gasteiger partial charge in [0, 0.05) is 69.9 Å². The number of amides is 4. The van der Waals surface area contributed by atoms with Crippen LogP contribution in [0.3, 0.4) is 0 Å². The molecule has 4 heterocycles. The van der Waals surface area contributed by atoms with Gasteiger partial charge in [0.1, 0.15) is 6.61 Å². The first-order valence-corrected chi connectivity index (χ1v) is 20.6. The van der Waals surface area contributed by atoms with Crippen molar-refractivity contribution in [1.29, 1.82) is 0 Å². The summed E-state index contributed by atoms with van der Waals surface area (Å²) in [6, 6.07) is 9.71. The number of ether oxygens (including phenoxy) is 2. The molecule has 1 atom stereocenters. The van der Waals surface area contributed by atoms with Gasteiger partial charge in [0.05, 0.1) is 16.3 Å². The van der Waals surface area contributed by atoms with Crippen LogP contribution in [0.2, 0.25) is 5.02 Å². The minimum atomic E-state index is -4.79. The zero-order valence-electron chi connectivity index (χ0n) is 33.3. The first-order chi connectivity index (χ1) is 27.7. The number of para-hydroxylation sites is 1. The summed E-state index contributed by atoms with van der Waals surface area (Å²) in [4.78, 5) is 62.6. The number of nitrogen functional groups attached to an aromatic ring is 1. The lowest BCUT2D eigenvalue weighted by Crippen LogP contribution is -2.53. The van der Waals surface area contributed by atoms with Gasteiger partial charge in [-0.1, -0.05) is 29.8 Å². The Morgan fingerprint density at radius 1 is 0.931 bits per heavy atom. The van der Waals surface area contributed by atoms with Crippen molar-refractivity contribution in [2.45, 2.75) is 82.2 Å². The third-order valence-corrected chi connectivity index (χ3v) is 12.3. The summed E-state index contributed by atoms with van der Waals surface area (Å²) >= 11 is 6.14. The molecule has 0 radical (unpaired) electrons. The van der Waals surface area contributed by atoms with Crippen LogP contribution in [0.4, 0.5) is 34.1 Å². The summed E-state index contributed by atoms with van der Waals surface area (Å²) in [6.45, 7) is 4.57. The van der Waals surface area contributed by atoms with Crippen molar-refractivity contribution in [3.8, 4) is 0 Å². The number of fused-ring (bicyclic) bond motifs is 1. The van der Waals surface area contributed by atoms with Gasteiger partial charge in [-0.25, -0.2) is 9.59 Å². The molecule has 13 nitrogen and oxygen atoms in total. The highest BCUT2D eigenvalue weighted by atomic mass is 35.5. The van der Waals surface area contributed by atoms with E-state index >= 15 is 0 Å². The highest BCUT2D eigenvalue weighted by Crippen LogP contribution is 2.38. The lowest BCUT2D eigenvalue weighted by atomic mass is 9.91. The molecule has 4 amide bonds. The quantitative estimate of drug-likeness (QED) is 0.214. The highest BCUT2D eigenvalue weighted by molar-refractivity contribution is 6.33. The molecule has 0 bridgehead atoms. The van der Waals surface area contributed by atoms with Crippen LogP contribution in [0.5, 0.6) is 0 Å². The van der Waals surface area contributed by atoms with Crippen LogP contribution in [0, 0.1) is 5.92 Å². The van der Waals surface area contributed by atoms with E-state index in [4.69, 9.17) is 26.8 Å². The SMILES string of the molecule is CN(C)CCOC(=O)CC1CCN(C2CCN(C(=O)[C@@H](Cc3cc(Cl)c(N)c(C(F)(F)F)c3)OC(=O)N3CCC(N4CCc5ccccc5NC4=O)CC3)CC2)CC1. The largest absolute Gasteiger partial charge is 0.464 e. The smallest absolute Gasteiger partial charge is 0.418 e. The molecule has 0 aliphatic carbocycles. The molecule has 0 aromatic heterocycles. The van der Waals surface area contributed by atoms with Crippen LogP contribution in [-0.2, 0) is 38.1 Å². The molecular formula is C41H55ClF3N7O6. The number of benzene rings is 2. The zero-order valence-corrected chi connectivity index (χ0v) is 34.0. The van der Waals surface area contributed by atoms with E-state index in [1.54, 1.807) is 9.80 Å². The van der Waals surface area contributed by atoms with Crippen molar-refractivity contribution in [2.75, 3.05) is 84.1 Å². The van der Waals surface area contributed by atoms with Crippen molar-refractivity contribution in [1.82, 2.24) is 24.5 Å². The van der Waals surface area contributed by atoms with Crippen molar-refractivity contribution in [2.24, 2.45) is 5.92 Å². The lowest BCUT2D eigenvalue weighted by Gasteiger charge is -2.42. The van der Waals surface area contributed by atoms with Gasteiger partial charge in [0.15, 0.2) is 6.10 Å². The minimum Gasteiger partial charge on any atom is -0.464 e. The van der Waals surface area contributed by atoms with E-state index in [1.807, 2.05) is 43.3 Å². The molecule has 2 aromatic rings. The van der Waals surface area contributed by atoms with Crippen molar-refractivity contribution >= 4 is 47.0 Å². The Balaban J connectivity index is 1.06. The van der Waals surface area contributed by atoms with E-state index in [1.165, 1.54) is 11.0 Å². The second-order valence-corrected chi connectivity index (χ2v) is 16.5. The number of piperidine rings is 3. The number of alkyl halides is 3. The maximum atomic E-state index is 14.2. The number of hydrogen-bond donors (Lipinski definition) is 2. The predicted octanol–water partition coefficient (Wildman–Crippen LogP) is 5.74. The molecule has 3 saturated heterocycles. The van der Waals surface area contributed by atoms with Crippen molar-refractivity contribution < 1.29 is 41.8 Å². The fourth-order valence-corrected chi connectivity index (χ4v) is 8.77. The summed E-state index contributed by atoms with van der Waals surface area (Å²) in [5, 5.41) is 2.68. The second-order valence-electron chi connectivity index (χ2n) is 16.1. The molecule has 0 saturated carbocycles. The summed E-state index contributed by atoms with van der Waals surface area (Å²) < 4.78 is 53.0. The number of esters is 1. The zero-order chi connectivity index (χ0) is 41.6. The number of nitrogens with two attached hydrogens (primary N) is 1. The summed E-state index contributed by atoms with van der Waals surface area (Å²) in [6.07, 6.45) is -2.09. The van der Waals surface area contributed by atoms with Gasteiger partial charge in [-0.3, -0.25) is 9.59 Å². The molecule has 58 heavy (non-hydrogen) atoms. The highest BCUT2D eigenvalue weighted by Gasteiger charge is 2.39. The number of likely N-dealkylation sites (N-methyl/N-ethyl adjacent to an activating group) is 1. The van der Waals surface area contributed by atoms with Gasteiger partial charge in [-0.05, 0) is 107 Å². The summed E-state index contributed by atoms with van der Waals surface area (Å²) in [5.41, 5.74) is 5.84. The molecular weight excluding hydrogens is 779 g/mol. The molecule has 4 aliphatic heterocycles. The fraction of sp³-hybridized carbons (Fsp3) is 0.610. The molecule has 6 rings (SSSR count). The number of anilines is 2. The molecule has 3 fully saturated rings. The van der Waals surface area contributed by atoms with E-state index in [-0.39, 0.29) is 60.1 Å². The molecule has 0 unspecified atom stereocenters. The van der Waals surface area contributed by atoms with Gasteiger partial charge in [0.25, 0.3) is 5.91 Å². The Bertz CT molecular complexity index is 1780. The van der Waals surface area contributed by atoms with Crippen LogP contribution in [0.15, 0.2) is 36.4 Å². The topological polar surface area (TPSA) is 141 Å². The average Bonchev–Trinajstić information content (AvgIpc) is 3.36. The third kappa shape index (κ3) is 11.1. The number of likely N-dealkylation sites (tertiary alicyclic amines) is 3. The molecule has 3 N–H and O–H groups in total. The fourth-order valence-electron chi connectivity index (χ4n) is 8.53. The normalized spacial score (nSPS) is 19.7. The van der Waals surface area contributed by atoms with Crippen LogP contribution in [0.25, 0.3) is 0 Å². The van der Waals surface area contributed by atoms with Gasteiger partial charge >= 0.3 is 24.3 Å². The number of carbonyl (C=O) groups excluding carboxylic acids is 4. The van der Waals surface area contributed by atoms with Crippen LogP contribution < -0.4 is 11.1 Å². The van der Waals surface area contributed by atoms with Crippen LogP contribution in [-0.4, -0.2) is 140 Å². The Morgan fingerprint density at radius 2 is 1.59 bits per heavy atom. The second kappa shape index (κ2) is 19.2. The van der Waals surface area contributed by atoms with E-state index in [2.05, 4.69) is 10.2 Å². The Labute approximate surface area is 342 Å². The van der Waals surface area contributed by atoms with Crippen LogP contribution >= 0.6 is 11.6 Å². The maximum Gasteiger partial charge on any atom is 0.418 e. The Hall–Kier alpha value is -4.28.